The minimum absolute atomic E-state index is 0.693. The van der Waals surface area contributed by atoms with Gasteiger partial charge in [0.2, 0.25) is 0 Å². The number of rotatable bonds is 3. The maximum Gasteiger partial charge on any atom is 0.152 e. The van der Waals surface area contributed by atoms with Crippen molar-refractivity contribution in [2.24, 2.45) is 0 Å². The van der Waals surface area contributed by atoms with E-state index < -0.39 is 0 Å². The zero-order valence-electron chi connectivity index (χ0n) is 10.0. The summed E-state index contributed by atoms with van der Waals surface area (Å²) < 4.78 is 5.50. The molecule has 3 rings (SSSR count). The van der Waals surface area contributed by atoms with E-state index in [9.17, 15) is 0 Å². The van der Waals surface area contributed by atoms with E-state index in [0.29, 0.717) is 6.61 Å². The topological polar surface area (TPSA) is 22.1 Å². The second-order valence-corrected chi connectivity index (χ2v) is 4.63. The van der Waals surface area contributed by atoms with Crippen LogP contribution in [0.15, 0.2) is 41.8 Å². The summed E-state index contributed by atoms with van der Waals surface area (Å²) >= 11 is 1.49. The van der Waals surface area contributed by atoms with Crippen LogP contribution in [0.3, 0.4) is 0 Å². The van der Waals surface area contributed by atoms with Gasteiger partial charge < -0.3 is 4.74 Å². The van der Waals surface area contributed by atoms with E-state index in [1.54, 1.807) is 0 Å². The van der Waals surface area contributed by atoms with Gasteiger partial charge in [0.05, 0.1) is 12.3 Å². The van der Waals surface area contributed by atoms with Crippen molar-refractivity contribution in [2.75, 3.05) is 6.61 Å². The van der Waals surface area contributed by atoms with E-state index in [2.05, 4.69) is 40.8 Å². The fourth-order valence-corrected chi connectivity index (χ4v) is 2.46. The molecule has 0 saturated carbocycles. The third-order valence-corrected chi connectivity index (χ3v) is 3.35. The van der Waals surface area contributed by atoms with Gasteiger partial charge in [-0.05, 0) is 35.9 Å². The van der Waals surface area contributed by atoms with Gasteiger partial charge >= 0.3 is 0 Å². The Hall–Kier alpha value is -1.87. The first-order valence-corrected chi connectivity index (χ1v) is 6.73. The van der Waals surface area contributed by atoms with Crippen LogP contribution in [0.5, 0.6) is 5.75 Å². The number of benzene rings is 2. The van der Waals surface area contributed by atoms with Gasteiger partial charge in [-0.15, -0.1) is 11.3 Å². The summed E-state index contributed by atoms with van der Waals surface area (Å²) in [5, 5.41) is 4.39. The molecule has 1 aromatic heterocycles. The van der Waals surface area contributed by atoms with Gasteiger partial charge in [0.1, 0.15) is 5.75 Å². The molecule has 2 nitrogen and oxygen atoms in total. The summed E-state index contributed by atoms with van der Waals surface area (Å²) in [4.78, 5) is 4.21. The van der Waals surface area contributed by atoms with E-state index in [-0.39, 0.29) is 0 Å². The van der Waals surface area contributed by atoms with Crippen molar-refractivity contribution in [3.05, 3.63) is 47.3 Å². The molecule has 1 radical (unpaired) electrons. The lowest BCUT2D eigenvalue weighted by Gasteiger charge is -2.05. The SMILES string of the molecule is CCOc1ccc2cc(-c3cs[c]n3)ccc2c1. The number of hydrogen-bond acceptors (Lipinski definition) is 3. The van der Waals surface area contributed by atoms with Crippen LogP contribution in [0.2, 0.25) is 0 Å². The highest BCUT2D eigenvalue weighted by Gasteiger charge is 2.02. The van der Waals surface area contributed by atoms with Crippen LogP contribution in [0.1, 0.15) is 6.92 Å². The number of fused-ring (bicyclic) bond motifs is 1. The summed E-state index contributed by atoms with van der Waals surface area (Å²) in [7, 11) is 0. The summed E-state index contributed by atoms with van der Waals surface area (Å²) in [6.45, 7) is 2.68. The number of hydrogen-bond donors (Lipinski definition) is 0. The molecule has 3 aromatic rings. The highest BCUT2D eigenvalue weighted by molar-refractivity contribution is 7.07. The molecule has 0 N–H and O–H groups in total. The van der Waals surface area contributed by atoms with E-state index in [0.717, 1.165) is 17.0 Å². The first-order chi connectivity index (χ1) is 8.86. The Balaban J connectivity index is 2.06. The van der Waals surface area contributed by atoms with Crippen molar-refractivity contribution in [1.82, 2.24) is 4.98 Å². The van der Waals surface area contributed by atoms with Crippen molar-refractivity contribution in [3.63, 3.8) is 0 Å². The van der Waals surface area contributed by atoms with Crippen LogP contribution in [0.25, 0.3) is 22.0 Å². The van der Waals surface area contributed by atoms with E-state index in [4.69, 9.17) is 4.74 Å². The molecule has 0 atom stereocenters. The molecule has 0 fully saturated rings. The van der Waals surface area contributed by atoms with Crippen LogP contribution < -0.4 is 4.74 Å². The molecule has 3 heteroatoms. The number of aromatic nitrogens is 1. The third-order valence-electron chi connectivity index (χ3n) is 2.81. The Morgan fingerprint density at radius 1 is 1.17 bits per heavy atom. The van der Waals surface area contributed by atoms with Gasteiger partial charge in [0, 0.05) is 10.9 Å². The second kappa shape index (κ2) is 4.78. The summed E-state index contributed by atoms with van der Waals surface area (Å²) in [5.41, 5.74) is 4.98. The molecule has 0 unspecified atom stereocenters. The second-order valence-electron chi connectivity index (χ2n) is 3.98. The van der Waals surface area contributed by atoms with Crippen LogP contribution in [-0.2, 0) is 0 Å². The van der Waals surface area contributed by atoms with E-state index >= 15 is 0 Å². The van der Waals surface area contributed by atoms with Crippen LogP contribution in [0.4, 0.5) is 0 Å². The minimum Gasteiger partial charge on any atom is -0.494 e. The van der Waals surface area contributed by atoms with Gasteiger partial charge in [-0.3, -0.25) is 0 Å². The fourth-order valence-electron chi connectivity index (χ4n) is 1.96. The third kappa shape index (κ3) is 2.09. The first-order valence-electron chi connectivity index (χ1n) is 5.85. The molecule has 0 aliphatic heterocycles. The lowest BCUT2D eigenvalue weighted by atomic mass is 10.1. The Morgan fingerprint density at radius 3 is 2.78 bits per heavy atom. The molecular weight excluding hydrogens is 242 g/mol. The summed E-state index contributed by atoms with van der Waals surface area (Å²) in [5.74, 6) is 0.916. The molecule has 0 saturated heterocycles. The molecule has 89 valence electrons. The minimum atomic E-state index is 0.693. The molecule has 1 heterocycles. The standard InChI is InChI=1S/C15H12NOS/c1-2-17-14-6-5-11-7-13(4-3-12(11)8-14)15-9-18-10-16-15/h3-9H,2H2,1H3. The van der Waals surface area contributed by atoms with Crippen LogP contribution in [-0.4, -0.2) is 11.6 Å². The number of ether oxygens (including phenoxy) is 1. The molecule has 0 aliphatic carbocycles. The van der Waals surface area contributed by atoms with Gasteiger partial charge in [-0.1, -0.05) is 18.2 Å². The Morgan fingerprint density at radius 2 is 2.00 bits per heavy atom. The molecule has 0 amide bonds. The van der Waals surface area contributed by atoms with Crippen LogP contribution >= 0.6 is 11.3 Å². The normalized spacial score (nSPS) is 10.7. The average Bonchev–Trinajstić information content (AvgIpc) is 2.92. The average molecular weight is 254 g/mol. The Kier molecular flexibility index (Phi) is 2.99. The highest BCUT2D eigenvalue weighted by atomic mass is 32.1. The van der Waals surface area contributed by atoms with Crippen molar-refractivity contribution >= 4 is 22.1 Å². The Bertz CT molecular complexity index is 661. The van der Waals surface area contributed by atoms with Crippen molar-refractivity contribution in [3.8, 4) is 17.0 Å². The largest absolute Gasteiger partial charge is 0.494 e. The highest BCUT2D eigenvalue weighted by Crippen LogP contribution is 2.26. The predicted molar refractivity (Wildman–Crippen MR) is 75.1 cm³/mol. The first kappa shape index (κ1) is 11.2. The lowest BCUT2D eigenvalue weighted by molar-refractivity contribution is 0.341. The number of thiazole rings is 1. The molecule has 0 aliphatic rings. The molecule has 0 bridgehead atoms. The van der Waals surface area contributed by atoms with Gasteiger partial charge in [-0.25, -0.2) is 4.98 Å². The quantitative estimate of drug-likeness (QED) is 0.700. The van der Waals surface area contributed by atoms with Gasteiger partial charge in [0.15, 0.2) is 5.51 Å². The van der Waals surface area contributed by atoms with Crippen molar-refractivity contribution in [1.29, 1.82) is 0 Å². The van der Waals surface area contributed by atoms with Gasteiger partial charge in [-0.2, -0.15) is 0 Å². The van der Waals surface area contributed by atoms with Crippen molar-refractivity contribution in [2.45, 2.75) is 6.92 Å². The summed E-state index contributed by atoms with van der Waals surface area (Å²) in [6, 6.07) is 12.5. The van der Waals surface area contributed by atoms with Crippen LogP contribution in [0, 0.1) is 5.51 Å². The molecule has 2 aromatic carbocycles. The molecular formula is C15H12NOS. The maximum atomic E-state index is 5.50. The maximum absolute atomic E-state index is 5.50. The zero-order valence-corrected chi connectivity index (χ0v) is 10.8. The van der Waals surface area contributed by atoms with Gasteiger partial charge in [0.25, 0.3) is 0 Å². The number of nitrogens with zero attached hydrogens (tertiary/aromatic N) is 1. The smallest absolute Gasteiger partial charge is 0.152 e. The van der Waals surface area contributed by atoms with Crippen molar-refractivity contribution < 1.29 is 4.74 Å². The lowest BCUT2D eigenvalue weighted by Crippen LogP contribution is -1.90. The molecule has 0 spiro atoms. The fraction of sp³-hybridized carbons (Fsp3) is 0.133. The molecule has 18 heavy (non-hydrogen) atoms. The Labute approximate surface area is 110 Å². The summed E-state index contributed by atoms with van der Waals surface area (Å²) in [6.07, 6.45) is 0. The van der Waals surface area contributed by atoms with E-state index in [1.165, 1.54) is 22.1 Å². The monoisotopic (exact) mass is 254 g/mol. The predicted octanol–water partition coefficient (Wildman–Crippen LogP) is 4.16. The van der Waals surface area contributed by atoms with E-state index in [1.807, 2.05) is 18.4 Å². The zero-order chi connectivity index (χ0) is 12.4.